The number of aryl methyl sites for hydroxylation is 2. The number of nitrogens with zero attached hydrogens (tertiary/aromatic N) is 2. The van der Waals surface area contributed by atoms with Crippen LogP contribution in [0.5, 0.6) is 0 Å². The molecule has 3 nitrogen and oxygen atoms in total. The van der Waals surface area contributed by atoms with Gasteiger partial charge in [-0.2, -0.15) is 5.10 Å². The van der Waals surface area contributed by atoms with E-state index in [-0.39, 0.29) is 0 Å². The molecule has 1 aromatic heterocycles. The Morgan fingerprint density at radius 1 is 1.60 bits per heavy atom. The van der Waals surface area contributed by atoms with Gasteiger partial charge in [0.2, 0.25) is 0 Å². The summed E-state index contributed by atoms with van der Waals surface area (Å²) in [5.74, 6) is 0.957. The lowest BCUT2D eigenvalue weighted by Gasteiger charge is -2.14. The molecule has 1 heterocycles. The third-order valence-electron chi connectivity index (χ3n) is 3.28. The van der Waals surface area contributed by atoms with Crippen molar-refractivity contribution < 1.29 is 0 Å². The van der Waals surface area contributed by atoms with Crippen molar-refractivity contribution in [2.75, 3.05) is 7.05 Å². The molecule has 1 aliphatic rings. The molecular formula is C12H21N3. The summed E-state index contributed by atoms with van der Waals surface area (Å²) in [6.45, 7) is 0. The molecular weight excluding hydrogens is 186 g/mol. The van der Waals surface area contributed by atoms with E-state index >= 15 is 0 Å². The number of hydrogen-bond donors (Lipinski definition) is 1. The third-order valence-corrected chi connectivity index (χ3v) is 3.28. The van der Waals surface area contributed by atoms with Gasteiger partial charge in [0.15, 0.2) is 0 Å². The van der Waals surface area contributed by atoms with Gasteiger partial charge in [0, 0.05) is 19.3 Å². The van der Waals surface area contributed by atoms with Crippen molar-refractivity contribution in [1.82, 2.24) is 15.1 Å². The van der Waals surface area contributed by atoms with Gasteiger partial charge >= 0.3 is 0 Å². The van der Waals surface area contributed by atoms with E-state index in [4.69, 9.17) is 0 Å². The summed E-state index contributed by atoms with van der Waals surface area (Å²) in [6, 6.07) is 2.86. The molecule has 1 saturated carbocycles. The van der Waals surface area contributed by atoms with Gasteiger partial charge in [-0.15, -0.1) is 0 Å². The molecule has 0 amide bonds. The fourth-order valence-electron chi connectivity index (χ4n) is 2.21. The molecule has 1 aromatic rings. The Balaban J connectivity index is 1.69. The van der Waals surface area contributed by atoms with E-state index in [1.807, 2.05) is 17.9 Å². The van der Waals surface area contributed by atoms with Crippen molar-refractivity contribution in [3.63, 3.8) is 0 Å². The third kappa shape index (κ3) is 3.06. The number of hydrogen-bond acceptors (Lipinski definition) is 2. The normalized spacial score (nSPS) is 18.0. The van der Waals surface area contributed by atoms with Crippen LogP contribution in [0.15, 0.2) is 12.3 Å². The smallest absolute Gasteiger partial charge is 0.0624 e. The molecule has 1 aliphatic carbocycles. The lowest BCUT2D eigenvalue weighted by Crippen LogP contribution is -2.27. The van der Waals surface area contributed by atoms with Gasteiger partial charge in [0.25, 0.3) is 0 Å². The molecule has 1 N–H and O–H groups in total. The van der Waals surface area contributed by atoms with Crippen molar-refractivity contribution in [2.24, 2.45) is 13.0 Å². The van der Waals surface area contributed by atoms with E-state index in [1.54, 1.807) is 0 Å². The first-order valence-electron chi connectivity index (χ1n) is 5.95. The fourth-order valence-corrected chi connectivity index (χ4v) is 2.21. The molecule has 1 atom stereocenters. The molecule has 0 saturated heterocycles. The zero-order valence-electron chi connectivity index (χ0n) is 9.74. The minimum absolute atomic E-state index is 0.744. The molecule has 0 aliphatic heterocycles. The Labute approximate surface area is 91.9 Å². The van der Waals surface area contributed by atoms with Gasteiger partial charge in [-0.05, 0) is 51.1 Å². The highest BCUT2D eigenvalue weighted by molar-refractivity contribution is 4.98. The van der Waals surface area contributed by atoms with Crippen LogP contribution in [0.3, 0.4) is 0 Å². The van der Waals surface area contributed by atoms with Crippen LogP contribution in [0.1, 0.15) is 31.4 Å². The van der Waals surface area contributed by atoms with E-state index in [2.05, 4.69) is 23.5 Å². The van der Waals surface area contributed by atoms with E-state index in [1.165, 1.54) is 31.4 Å². The topological polar surface area (TPSA) is 29.9 Å². The highest BCUT2D eigenvalue weighted by atomic mass is 15.2. The molecule has 84 valence electrons. The van der Waals surface area contributed by atoms with Crippen molar-refractivity contribution in [3.8, 4) is 0 Å². The Hall–Kier alpha value is -0.830. The first-order valence-corrected chi connectivity index (χ1v) is 5.95. The molecule has 3 heteroatoms. The van der Waals surface area contributed by atoms with Crippen LogP contribution < -0.4 is 5.32 Å². The van der Waals surface area contributed by atoms with Gasteiger partial charge < -0.3 is 5.32 Å². The summed E-state index contributed by atoms with van der Waals surface area (Å²) >= 11 is 0. The minimum atomic E-state index is 0.744. The quantitative estimate of drug-likeness (QED) is 0.770. The highest BCUT2D eigenvalue weighted by Crippen LogP contribution is 2.34. The maximum atomic E-state index is 4.39. The van der Waals surface area contributed by atoms with Crippen LogP contribution in [0, 0.1) is 5.92 Å². The summed E-state index contributed by atoms with van der Waals surface area (Å²) in [6.07, 6.45) is 8.53. The van der Waals surface area contributed by atoms with E-state index < -0.39 is 0 Å². The van der Waals surface area contributed by atoms with Crippen molar-refractivity contribution in [2.45, 2.75) is 38.1 Å². The van der Waals surface area contributed by atoms with Crippen LogP contribution in [0.25, 0.3) is 0 Å². The molecule has 0 aromatic carbocycles. The Morgan fingerprint density at radius 3 is 2.93 bits per heavy atom. The number of rotatable bonds is 6. The number of aromatic nitrogens is 2. The summed E-state index contributed by atoms with van der Waals surface area (Å²) < 4.78 is 1.88. The average Bonchev–Trinajstić information content (AvgIpc) is 2.98. The number of nitrogens with one attached hydrogen (secondary N) is 1. The second kappa shape index (κ2) is 4.79. The first-order chi connectivity index (χ1) is 7.29. The second-order valence-corrected chi connectivity index (χ2v) is 4.61. The van der Waals surface area contributed by atoms with Crippen LogP contribution in [0.4, 0.5) is 0 Å². The fraction of sp³-hybridized carbons (Fsp3) is 0.750. The maximum Gasteiger partial charge on any atom is 0.0624 e. The maximum absolute atomic E-state index is 4.39. The molecule has 0 bridgehead atoms. The molecule has 0 radical (unpaired) electrons. The van der Waals surface area contributed by atoms with Crippen molar-refractivity contribution in [1.29, 1.82) is 0 Å². The molecule has 1 fully saturated rings. The van der Waals surface area contributed by atoms with E-state index in [9.17, 15) is 0 Å². The summed E-state index contributed by atoms with van der Waals surface area (Å²) in [4.78, 5) is 0. The average molecular weight is 207 g/mol. The summed E-state index contributed by atoms with van der Waals surface area (Å²) in [5.41, 5.74) is 1.23. The minimum Gasteiger partial charge on any atom is -0.317 e. The predicted molar refractivity (Wildman–Crippen MR) is 61.7 cm³/mol. The van der Waals surface area contributed by atoms with Crippen LogP contribution >= 0.6 is 0 Å². The van der Waals surface area contributed by atoms with Crippen LogP contribution in [-0.2, 0) is 13.5 Å². The lowest BCUT2D eigenvalue weighted by molar-refractivity contribution is 0.455. The van der Waals surface area contributed by atoms with E-state index in [0.717, 1.165) is 18.4 Å². The molecule has 15 heavy (non-hydrogen) atoms. The molecule has 1 unspecified atom stereocenters. The molecule has 0 spiro atoms. The van der Waals surface area contributed by atoms with Crippen LogP contribution in [-0.4, -0.2) is 22.9 Å². The van der Waals surface area contributed by atoms with Gasteiger partial charge in [-0.25, -0.2) is 0 Å². The largest absolute Gasteiger partial charge is 0.317 e. The summed E-state index contributed by atoms with van der Waals surface area (Å²) in [7, 11) is 4.06. The first kappa shape index (κ1) is 10.7. The summed E-state index contributed by atoms with van der Waals surface area (Å²) in [5, 5.41) is 7.82. The monoisotopic (exact) mass is 207 g/mol. The Morgan fingerprint density at radius 2 is 2.40 bits per heavy atom. The second-order valence-electron chi connectivity index (χ2n) is 4.61. The van der Waals surface area contributed by atoms with Crippen molar-refractivity contribution >= 4 is 0 Å². The van der Waals surface area contributed by atoms with Gasteiger partial charge in [-0.1, -0.05) is 0 Å². The van der Waals surface area contributed by atoms with Crippen LogP contribution in [0.2, 0.25) is 0 Å². The Kier molecular flexibility index (Phi) is 3.41. The Bertz CT molecular complexity index is 302. The SMILES string of the molecule is CNC(CCCc1ccn(C)n1)C1CC1. The van der Waals surface area contributed by atoms with Gasteiger partial charge in [-0.3, -0.25) is 4.68 Å². The molecule has 2 rings (SSSR count). The zero-order chi connectivity index (χ0) is 10.7. The van der Waals surface area contributed by atoms with E-state index in [0.29, 0.717) is 0 Å². The van der Waals surface area contributed by atoms with Gasteiger partial charge in [0.05, 0.1) is 5.69 Å². The standard InChI is InChI=1S/C12H21N3/c1-13-12(10-6-7-10)5-3-4-11-8-9-15(2)14-11/h8-10,12-13H,3-7H2,1-2H3. The zero-order valence-corrected chi connectivity index (χ0v) is 9.74. The van der Waals surface area contributed by atoms with Crippen molar-refractivity contribution in [3.05, 3.63) is 18.0 Å². The highest BCUT2D eigenvalue weighted by Gasteiger charge is 2.29. The lowest BCUT2D eigenvalue weighted by atomic mass is 10.0. The van der Waals surface area contributed by atoms with Gasteiger partial charge in [0.1, 0.15) is 0 Å². The predicted octanol–water partition coefficient (Wildman–Crippen LogP) is 1.74.